The molecular weight excluding hydrogens is 354 g/mol. The Bertz CT molecular complexity index is 958. The van der Waals surface area contributed by atoms with Gasteiger partial charge in [-0.25, -0.2) is 0 Å². The fourth-order valence-electron chi connectivity index (χ4n) is 2.81. The summed E-state index contributed by atoms with van der Waals surface area (Å²) in [4.78, 5) is 21.6. The van der Waals surface area contributed by atoms with Crippen LogP contribution in [0.5, 0.6) is 0 Å². The van der Waals surface area contributed by atoms with Crippen molar-refractivity contribution in [3.63, 3.8) is 0 Å². The normalized spacial score (nSPS) is 13.0. The molecule has 0 aliphatic carbocycles. The molecular formula is C22H18N3OS-. The fraction of sp³-hybridized carbons (Fsp3) is 0.0455. The van der Waals surface area contributed by atoms with Crippen LogP contribution in [-0.2, 0) is 11.8 Å². The van der Waals surface area contributed by atoms with Crippen molar-refractivity contribution in [1.29, 1.82) is 0 Å². The Hall–Kier alpha value is -3.18. The Morgan fingerprint density at radius 1 is 1.04 bits per heavy atom. The van der Waals surface area contributed by atoms with Crippen molar-refractivity contribution >= 4 is 28.9 Å². The molecule has 0 radical (unpaired) electrons. The number of benzene rings is 2. The minimum atomic E-state index is 0.0109. The molecule has 27 heavy (non-hydrogen) atoms. The quantitative estimate of drug-likeness (QED) is 0.311. The van der Waals surface area contributed by atoms with Crippen LogP contribution in [0, 0.1) is 11.1 Å². The summed E-state index contributed by atoms with van der Waals surface area (Å²) in [6.45, 7) is 0.565. The first-order valence-electron chi connectivity index (χ1n) is 8.63. The molecule has 0 amide bonds. The molecule has 4 rings (SSSR count). The van der Waals surface area contributed by atoms with E-state index in [0.29, 0.717) is 17.7 Å². The molecule has 0 unspecified atom stereocenters. The van der Waals surface area contributed by atoms with Crippen molar-refractivity contribution in [2.45, 2.75) is 0 Å². The van der Waals surface area contributed by atoms with Crippen molar-refractivity contribution in [2.75, 3.05) is 11.9 Å². The number of anilines is 1. The van der Waals surface area contributed by atoms with E-state index in [1.165, 1.54) is 0 Å². The second-order valence-corrected chi connectivity index (χ2v) is 6.96. The van der Waals surface area contributed by atoms with Gasteiger partial charge in [-0.15, -0.1) is 11.8 Å². The molecule has 2 aromatic carbocycles. The van der Waals surface area contributed by atoms with Crippen molar-refractivity contribution in [3.05, 3.63) is 107 Å². The van der Waals surface area contributed by atoms with Crippen molar-refractivity contribution < 1.29 is 4.79 Å². The van der Waals surface area contributed by atoms with Crippen LogP contribution in [0.3, 0.4) is 0 Å². The molecule has 0 spiro atoms. The average molecular weight is 372 g/mol. The van der Waals surface area contributed by atoms with E-state index in [1.54, 1.807) is 6.20 Å². The number of nitrogens with zero attached hydrogens (tertiary/aromatic N) is 2. The lowest BCUT2D eigenvalue weighted by Crippen LogP contribution is -2.15. The first-order valence-corrected chi connectivity index (χ1v) is 9.59. The van der Waals surface area contributed by atoms with E-state index in [0.717, 1.165) is 34.1 Å². The van der Waals surface area contributed by atoms with E-state index in [-0.39, 0.29) is 5.78 Å². The zero-order valence-electron chi connectivity index (χ0n) is 14.5. The van der Waals surface area contributed by atoms with Crippen LogP contribution >= 0.6 is 0 Å². The predicted molar refractivity (Wildman–Crippen MR) is 112 cm³/mol. The zero-order chi connectivity index (χ0) is 18.5. The third-order valence-electron chi connectivity index (χ3n) is 4.17. The first-order chi connectivity index (χ1) is 13.3. The number of pyridine rings is 1. The maximum absolute atomic E-state index is 12.8. The third-order valence-corrected chi connectivity index (χ3v) is 5.20. The van der Waals surface area contributed by atoms with Gasteiger partial charge in [0.2, 0.25) is 0 Å². The van der Waals surface area contributed by atoms with Gasteiger partial charge in [0.05, 0.1) is 0 Å². The topological polar surface area (TPSA) is 54.4 Å². The summed E-state index contributed by atoms with van der Waals surface area (Å²) in [7, 11) is 0. The second-order valence-electron chi connectivity index (χ2n) is 6.02. The molecule has 0 atom stereocenters. The number of hydrogen-bond donors (Lipinski definition) is 1. The van der Waals surface area contributed by atoms with Crippen LogP contribution in [0.2, 0.25) is 0 Å². The predicted octanol–water partition coefficient (Wildman–Crippen LogP) is 3.69. The summed E-state index contributed by atoms with van der Waals surface area (Å²) in [5.41, 5.74) is 4.15. The number of hydrogen-bond acceptors (Lipinski definition) is 4. The van der Waals surface area contributed by atoms with E-state index in [9.17, 15) is 4.79 Å². The largest absolute Gasteiger partial charge is 0.390 e. The number of aliphatic imine (C=N–C) groups is 1. The monoisotopic (exact) mass is 372 g/mol. The SMILES string of the molecule is O=C(c1ccccc1)c1ccccc1NCC1=N[C-](c2cccnc2)[SH+][CH-]1. The number of ketones is 1. The van der Waals surface area contributed by atoms with E-state index < -0.39 is 0 Å². The van der Waals surface area contributed by atoms with Crippen LogP contribution in [-0.4, -0.2) is 23.0 Å². The molecule has 5 heteroatoms. The molecule has 0 fully saturated rings. The van der Waals surface area contributed by atoms with Gasteiger partial charge in [0.25, 0.3) is 0 Å². The fourth-order valence-corrected chi connectivity index (χ4v) is 3.70. The Balaban J connectivity index is 1.47. The summed E-state index contributed by atoms with van der Waals surface area (Å²) >= 11 is 1.06. The molecule has 0 bridgehead atoms. The van der Waals surface area contributed by atoms with Gasteiger partial charge in [-0.3, -0.25) is 4.79 Å². The highest BCUT2D eigenvalue weighted by atomic mass is 32.2. The second kappa shape index (κ2) is 8.01. The zero-order valence-corrected chi connectivity index (χ0v) is 15.4. The lowest BCUT2D eigenvalue weighted by Gasteiger charge is -2.14. The number of thiol groups is 1. The molecule has 1 aliphatic heterocycles. The molecule has 2 heterocycles. The van der Waals surface area contributed by atoms with E-state index >= 15 is 0 Å². The van der Waals surface area contributed by atoms with Crippen molar-refractivity contribution in [2.24, 2.45) is 4.99 Å². The van der Waals surface area contributed by atoms with Gasteiger partial charge in [0.15, 0.2) is 5.78 Å². The molecule has 3 aromatic rings. The summed E-state index contributed by atoms with van der Waals surface area (Å²) in [5, 5.41) is 4.36. The molecule has 1 N–H and O–H groups in total. The third kappa shape index (κ3) is 3.99. The van der Waals surface area contributed by atoms with Crippen LogP contribution in [0.4, 0.5) is 5.69 Å². The summed E-state index contributed by atoms with van der Waals surface area (Å²) in [6, 6.07) is 20.8. The van der Waals surface area contributed by atoms with Gasteiger partial charge in [0, 0.05) is 23.0 Å². The van der Waals surface area contributed by atoms with Crippen molar-refractivity contribution in [1.82, 2.24) is 4.98 Å². The van der Waals surface area contributed by atoms with Gasteiger partial charge < -0.3 is 15.3 Å². The number of carbonyl (C=O) groups is 1. The highest BCUT2D eigenvalue weighted by Gasteiger charge is 2.15. The van der Waals surface area contributed by atoms with Crippen molar-refractivity contribution in [3.8, 4) is 0 Å². The van der Waals surface area contributed by atoms with E-state index in [1.807, 2.05) is 72.9 Å². The summed E-state index contributed by atoms with van der Waals surface area (Å²) < 4.78 is 0. The Morgan fingerprint density at radius 2 is 1.85 bits per heavy atom. The van der Waals surface area contributed by atoms with E-state index in [4.69, 9.17) is 0 Å². The number of rotatable bonds is 6. The molecule has 1 aliphatic rings. The maximum atomic E-state index is 12.8. The lowest BCUT2D eigenvalue weighted by atomic mass is 10.0. The summed E-state index contributed by atoms with van der Waals surface area (Å²) in [6.07, 6.45) is 3.58. The number of nitrogens with one attached hydrogen (secondary N) is 1. The maximum Gasteiger partial charge on any atom is 0.195 e. The van der Waals surface area contributed by atoms with Crippen LogP contribution < -0.4 is 5.32 Å². The Kier molecular flexibility index (Phi) is 5.12. The highest BCUT2D eigenvalue weighted by molar-refractivity contribution is 7.85. The number of aromatic nitrogens is 1. The first kappa shape index (κ1) is 17.2. The van der Waals surface area contributed by atoms with Gasteiger partial charge >= 0.3 is 0 Å². The molecule has 0 saturated heterocycles. The lowest BCUT2D eigenvalue weighted by molar-refractivity contribution is 0.103. The minimum absolute atomic E-state index is 0.0109. The average Bonchev–Trinajstić information content (AvgIpc) is 3.22. The Labute approximate surface area is 162 Å². The van der Waals surface area contributed by atoms with Gasteiger partial charge in [-0.1, -0.05) is 54.1 Å². The molecule has 0 saturated carbocycles. The molecule has 4 nitrogen and oxygen atoms in total. The van der Waals surface area contributed by atoms with Crippen LogP contribution in [0.25, 0.3) is 0 Å². The van der Waals surface area contributed by atoms with Crippen LogP contribution in [0.15, 0.2) is 84.1 Å². The van der Waals surface area contributed by atoms with Gasteiger partial charge in [0.1, 0.15) is 5.37 Å². The minimum Gasteiger partial charge on any atom is -0.390 e. The highest BCUT2D eigenvalue weighted by Crippen LogP contribution is 2.25. The number of para-hydroxylation sites is 1. The Morgan fingerprint density at radius 3 is 2.67 bits per heavy atom. The van der Waals surface area contributed by atoms with Gasteiger partial charge in [-0.2, -0.15) is 17.5 Å². The standard InChI is InChI=1S/C22H18N3OS/c26-21(16-7-2-1-3-8-16)19-10-4-5-11-20(19)24-14-18-15-27-22(25-18)17-9-6-12-23-13-17/h1-13,15,24,27H,14H2/q-1. The van der Waals surface area contributed by atoms with Crippen LogP contribution in [0.1, 0.15) is 21.5 Å². The van der Waals surface area contributed by atoms with E-state index in [2.05, 4.69) is 21.0 Å². The molecule has 134 valence electrons. The van der Waals surface area contributed by atoms with Gasteiger partial charge in [-0.05, 0) is 24.9 Å². The number of carbonyl (C=O) groups excluding carboxylic acids is 1. The summed E-state index contributed by atoms with van der Waals surface area (Å²) in [5.74, 6) is 2.09. The molecule has 1 aromatic heterocycles. The smallest absolute Gasteiger partial charge is 0.195 e.